The van der Waals surface area contributed by atoms with Crippen molar-refractivity contribution >= 4 is 36.1 Å². The molecule has 1 aliphatic carbocycles. The van der Waals surface area contributed by atoms with Crippen LogP contribution in [0.15, 0.2) is 22.1 Å². The van der Waals surface area contributed by atoms with Gasteiger partial charge in [0.05, 0.1) is 11.4 Å². The number of nitrogens with one attached hydrogen (secondary N) is 3. The molecular weight excluding hydrogens is 672 g/mol. The summed E-state index contributed by atoms with van der Waals surface area (Å²) in [4.78, 5) is 63.4. The number of carbonyl (C=O) groups is 4. The fourth-order valence-corrected chi connectivity index (χ4v) is 6.03. The number of hydrogen-bond donors (Lipinski definition) is 4. The van der Waals surface area contributed by atoms with Gasteiger partial charge in [-0.05, 0) is 63.5 Å². The van der Waals surface area contributed by atoms with Crippen molar-refractivity contribution in [2.24, 2.45) is 27.2 Å². The molecule has 0 radical (unpaired) electrons. The lowest BCUT2D eigenvalue weighted by Crippen LogP contribution is -2.53. The molecule has 6 atom stereocenters. The number of esters is 2. The third kappa shape index (κ3) is 11.1. The maximum atomic E-state index is 13.8. The lowest BCUT2D eigenvalue weighted by molar-refractivity contribution is -0.164. The van der Waals surface area contributed by atoms with Crippen LogP contribution in [0.5, 0.6) is 0 Å². The summed E-state index contributed by atoms with van der Waals surface area (Å²) in [5.74, 6) is -1.69. The van der Waals surface area contributed by atoms with E-state index in [1.807, 2.05) is 13.0 Å². The molecule has 2 fully saturated rings. The van der Waals surface area contributed by atoms with Crippen LogP contribution in [0.25, 0.3) is 0 Å². The zero-order chi connectivity index (χ0) is 38.9. The number of H-pyrrole nitrogens is 1. The Kier molecular flexibility index (Phi) is 14.6. The average molecular weight is 729 g/mol. The molecule has 0 unspecified atom stereocenters. The monoisotopic (exact) mass is 728 g/mol. The predicted molar refractivity (Wildman–Crippen MR) is 192 cm³/mol. The summed E-state index contributed by atoms with van der Waals surface area (Å²) < 4.78 is 23.1. The Hall–Kier alpha value is -4.29. The van der Waals surface area contributed by atoms with Gasteiger partial charge in [-0.1, -0.05) is 53.9 Å². The van der Waals surface area contributed by atoms with E-state index in [1.165, 1.54) is 19.5 Å². The van der Waals surface area contributed by atoms with Gasteiger partial charge in [0.1, 0.15) is 42.9 Å². The van der Waals surface area contributed by atoms with Crippen LogP contribution in [0.3, 0.4) is 0 Å². The van der Waals surface area contributed by atoms with E-state index in [0.29, 0.717) is 6.42 Å². The normalized spacial score (nSPS) is 24.1. The molecule has 4 N–H and O–H groups in total. The lowest BCUT2D eigenvalue weighted by atomic mass is 9.86. The van der Waals surface area contributed by atoms with Crippen LogP contribution in [0, 0.1) is 28.6 Å². The van der Waals surface area contributed by atoms with E-state index in [1.54, 1.807) is 54.5 Å². The summed E-state index contributed by atoms with van der Waals surface area (Å²) in [6.45, 7) is 13.4. The summed E-state index contributed by atoms with van der Waals surface area (Å²) in [6.07, 6.45) is 1.66. The molecule has 288 valence electrons. The number of rotatable bonds is 12. The molecule has 0 spiro atoms. The first-order valence-corrected chi connectivity index (χ1v) is 18.0. The molecule has 2 heterocycles. The Morgan fingerprint density at radius 1 is 1.15 bits per heavy atom. The van der Waals surface area contributed by atoms with E-state index in [9.17, 15) is 29.5 Å². The van der Waals surface area contributed by atoms with Gasteiger partial charge in [-0.25, -0.2) is 14.6 Å². The van der Waals surface area contributed by atoms with E-state index in [-0.39, 0.29) is 41.4 Å². The van der Waals surface area contributed by atoms with Gasteiger partial charge in [-0.2, -0.15) is 5.26 Å². The highest BCUT2D eigenvalue weighted by Crippen LogP contribution is 2.41. The number of amides is 2. The van der Waals surface area contributed by atoms with Crippen molar-refractivity contribution in [1.29, 1.82) is 5.26 Å². The zero-order valence-electron chi connectivity index (χ0n) is 31.9. The smallest absolute Gasteiger partial charge is 0.408 e. The largest absolute Gasteiger partial charge is 0.463 e. The Morgan fingerprint density at radius 2 is 1.83 bits per heavy atom. The molecule has 15 heteroatoms. The van der Waals surface area contributed by atoms with E-state index >= 15 is 0 Å². The van der Waals surface area contributed by atoms with Crippen molar-refractivity contribution in [3.8, 4) is 6.07 Å². The summed E-state index contributed by atoms with van der Waals surface area (Å²) >= 11 is 0. The highest BCUT2D eigenvalue weighted by atomic mass is 16.6. The molecule has 52 heavy (non-hydrogen) atoms. The van der Waals surface area contributed by atoms with Gasteiger partial charge in [0.15, 0.2) is 11.9 Å². The van der Waals surface area contributed by atoms with Gasteiger partial charge in [0.2, 0.25) is 11.5 Å². The van der Waals surface area contributed by atoms with Gasteiger partial charge in [0, 0.05) is 19.4 Å². The maximum absolute atomic E-state index is 13.8. The number of aliphatic hydroxyl groups excluding tert-OH is 1. The topological polar surface area (TPSA) is 214 Å². The number of aliphatic hydroxyl groups is 1. The van der Waals surface area contributed by atoms with Crippen molar-refractivity contribution in [2.45, 2.75) is 136 Å². The Balaban J connectivity index is 1.97. The van der Waals surface area contributed by atoms with Gasteiger partial charge < -0.3 is 39.7 Å². The van der Waals surface area contributed by atoms with Crippen LogP contribution >= 0.6 is 0 Å². The second-order valence-corrected chi connectivity index (χ2v) is 15.6. The molecule has 2 aliphatic rings. The summed E-state index contributed by atoms with van der Waals surface area (Å²) in [7, 11) is 1.52. The van der Waals surface area contributed by atoms with Crippen LogP contribution in [0.4, 0.5) is 4.79 Å². The van der Waals surface area contributed by atoms with Crippen molar-refractivity contribution in [3.63, 3.8) is 0 Å². The first kappa shape index (κ1) is 42.1. The number of ether oxygens (including phenoxy) is 4. The van der Waals surface area contributed by atoms with E-state index in [0.717, 1.165) is 32.1 Å². The van der Waals surface area contributed by atoms with Crippen molar-refractivity contribution in [2.75, 3.05) is 13.7 Å². The van der Waals surface area contributed by atoms with Crippen LogP contribution in [0.2, 0.25) is 0 Å². The number of aromatic nitrogens is 1. The number of nitrogens with zero attached hydrogens (tertiary/aromatic N) is 3. The zero-order valence-corrected chi connectivity index (χ0v) is 31.9. The first-order chi connectivity index (χ1) is 24.3. The minimum atomic E-state index is -2.15. The minimum Gasteiger partial charge on any atom is -0.463 e. The van der Waals surface area contributed by atoms with Crippen LogP contribution in [-0.2, 0) is 38.9 Å². The summed E-state index contributed by atoms with van der Waals surface area (Å²) in [6, 6.07) is 3.81. The predicted octanol–water partition coefficient (Wildman–Crippen LogP) is 4.43. The van der Waals surface area contributed by atoms with Crippen molar-refractivity contribution in [3.05, 3.63) is 23.5 Å². The van der Waals surface area contributed by atoms with E-state index in [4.69, 9.17) is 18.9 Å². The second-order valence-electron chi connectivity index (χ2n) is 15.6. The minimum absolute atomic E-state index is 0.0627. The average Bonchev–Trinajstić information content (AvgIpc) is 3.67. The lowest BCUT2D eigenvalue weighted by Gasteiger charge is -2.32. The number of nitriles is 1. The maximum Gasteiger partial charge on any atom is 0.408 e. The number of amidine groups is 1. The number of aromatic amines is 1. The van der Waals surface area contributed by atoms with Crippen LogP contribution in [-0.4, -0.2) is 89.8 Å². The third-order valence-corrected chi connectivity index (χ3v) is 9.15. The molecule has 0 aromatic carbocycles. The number of carbonyl (C=O) groups excluding carboxylic acids is 4. The van der Waals surface area contributed by atoms with Crippen LogP contribution < -0.4 is 10.6 Å². The van der Waals surface area contributed by atoms with E-state index in [2.05, 4.69) is 25.6 Å². The molecule has 3 rings (SSSR count). The Labute approximate surface area is 306 Å². The van der Waals surface area contributed by atoms with Crippen molar-refractivity contribution in [1.82, 2.24) is 15.6 Å². The first-order valence-electron chi connectivity index (χ1n) is 18.0. The van der Waals surface area contributed by atoms with Crippen LogP contribution in [0.1, 0.15) is 112 Å². The molecule has 1 aromatic rings. The van der Waals surface area contributed by atoms with Gasteiger partial charge in [0.25, 0.3) is 0 Å². The fourth-order valence-electron chi connectivity index (χ4n) is 6.03. The van der Waals surface area contributed by atoms with Gasteiger partial charge >= 0.3 is 18.0 Å². The highest BCUT2D eigenvalue weighted by molar-refractivity contribution is 6.09. The molecule has 2 amide bonds. The highest BCUT2D eigenvalue weighted by Gasteiger charge is 2.60. The second kappa shape index (κ2) is 18.0. The standard InChI is InChI=1S/C37H56N6O9/c1-10-22(2)32(46)43-31(40-21-39-9)24-16-17-26(41-24)37(20-38)30(45)28(25(51-37)19-49-27(44)18-23-14-12-11-13-15-23)50-33(47)29(35(3,4)5)42-34(48)52-36(6,7)8/h16-17,21-23,25,28-30,41,45H,10-15,18-19H2,1-9H3,(H,42,48)(H,39,40,43,46)/t22-,25+,28+,29+,30+,37-/m0/s1. The summed E-state index contributed by atoms with van der Waals surface area (Å²) in [5, 5.41) is 27.8. The summed E-state index contributed by atoms with van der Waals surface area (Å²) in [5.41, 5.74) is -3.53. The molecule has 15 nitrogen and oxygen atoms in total. The molecule has 1 saturated carbocycles. The Morgan fingerprint density at radius 3 is 2.40 bits per heavy atom. The van der Waals surface area contributed by atoms with Gasteiger partial charge in [-0.15, -0.1) is 0 Å². The number of aliphatic imine (C=N–C) groups is 2. The molecule has 1 saturated heterocycles. The molecule has 1 aromatic heterocycles. The fraction of sp³-hybridized carbons (Fsp3) is 0.703. The molecular formula is C37H56N6O9. The van der Waals surface area contributed by atoms with E-state index < -0.39 is 65.6 Å². The number of hydrogen-bond acceptors (Lipinski definition) is 11. The number of alkyl carbamates (subject to hydrolysis) is 1. The molecule has 1 aliphatic heterocycles. The molecule has 0 bridgehead atoms. The third-order valence-electron chi connectivity index (χ3n) is 9.15. The van der Waals surface area contributed by atoms with Gasteiger partial charge in [-0.3, -0.25) is 14.6 Å². The van der Waals surface area contributed by atoms with Crippen molar-refractivity contribution < 1.29 is 43.2 Å². The Bertz CT molecular complexity index is 1510. The quantitative estimate of drug-likeness (QED) is 0.103. The SMILES string of the molecule is CC[C@H](C)C(=O)NC(=NC=NC)c1ccc([C@]2(C#N)O[C@H](COC(=O)CC3CCCCC3)[C@@H](OC(=O)[C@@H](NC(=O)OC(C)(C)C)C(C)(C)C)[C@H]2O)[nH]1.